The number of pyridine rings is 1. The molecular weight excluding hydrogens is 460 g/mol. The molecule has 8 nitrogen and oxygen atoms in total. The summed E-state index contributed by atoms with van der Waals surface area (Å²) in [4.78, 5) is 21.7. The molecule has 1 fully saturated rings. The molecule has 182 valence electrons. The Morgan fingerprint density at radius 1 is 1.26 bits per heavy atom. The summed E-state index contributed by atoms with van der Waals surface area (Å²) in [5.74, 6) is 0.0651. The van der Waals surface area contributed by atoms with Crippen LogP contribution in [0.3, 0.4) is 0 Å². The van der Waals surface area contributed by atoms with Crippen molar-refractivity contribution in [1.82, 2.24) is 24.9 Å². The predicted molar refractivity (Wildman–Crippen MR) is 136 cm³/mol. The van der Waals surface area contributed by atoms with Gasteiger partial charge < -0.3 is 15.7 Å². The third-order valence-electron chi connectivity index (χ3n) is 6.02. The van der Waals surface area contributed by atoms with Gasteiger partial charge in [0.1, 0.15) is 10.1 Å². The van der Waals surface area contributed by atoms with E-state index in [1.807, 2.05) is 48.0 Å². The van der Waals surface area contributed by atoms with E-state index in [0.29, 0.717) is 24.7 Å². The van der Waals surface area contributed by atoms with E-state index in [2.05, 4.69) is 26.7 Å². The lowest BCUT2D eigenvalue weighted by molar-refractivity contribution is -0.117. The monoisotopic (exact) mass is 490 g/mol. The average Bonchev–Trinajstić information content (AvgIpc) is 3.53. The third-order valence-corrected chi connectivity index (χ3v) is 6.88. The lowest BCUT2D eigenvalue weighted by atomic mass is 9.89. The molecule has 1 atom stereocenters. The Balaban J connectivity index is 1.47. The molecule has 0 radical (unpaired) electrons. The number of aliphatic hydroxyl groups is 1. The Hall–Kier alpha value is -3.17. The zero-order valence-corrected chi connectivity index (χ0v) is 21.0. The molecule has 0 spiro atoms. The van der Waals surface area contributed by atoms with Crippen molar-refractivity contribution in [2.45, 2.75) is 67.6 Å². The Labute approximate surface area is 208 Å². The fraction of sp³-hybridized carbons (Fsp3) is 0.385. The summed E-state index contributed by atoms with van der Waals surface area (Å²) in [5.41, 5.74) is 3.29. The summed E-state index contributed by atoms with van der Waals surface area (Å²) in [5, 5.41) is 23.2. The zero-order chi connectivity index (χ0) is 24.6. The molecule has 5 rings (SSSR count). The molecule has 9 heteroatoms. The fourth-order valence-electron chi connectivity index (χ4n) is 4.06. The number of anilines is 1. The number of nitrogens with zero attached hydrogens (tertiary/aromatic N) is 4. The molecule has 0 bridgehead atoms. The van der Waals surface area contributed by atoms with Crippen LogP contribution in [0.15, 0.2) is 70.0 Å². The lowest BCUT2D eigenvalue weighted by Crippen LogP contribution is -2.29. The molecule has 3 aromatic rings. The van der Waals surface area contributed by atoms with E-state index in [-0.39, 0.29) is 11.8 Å². The highest BCUT2D eigenvalue weighted by Gasteiger charge is 2.28. The minimum absolute atomic E-state index is 0.0168. The summed E-state index contributed by atoms with van der Waals surface area (Å²) >= 11 is 1.47. The first kappa shape index (κ1) is 23.6. The second kappa shape index (κ2) is 9.47. The summed E-state index contributed by atoms with van der Waals surface area (Å²) in [6, 6.07) is 8.06. The maximum absolute atomic E-state index is 12.6. The van der Waals surface area contributed by atoms with Crippen LogP contribution in [-0.2, 0) is 4.79 Å². The van der Waals surface area contributed by atoms with Crippen LogP contribution in [0.1, 0.15) is 51.6 Å². The Bertz CT molecular complexity index is 1300. The predicted octanol–water partition coefficient (Wildman–Crippen LogP) is 4.10. The number of rotatable bonds is 8. The van der Waals surface area contributed by atoms with Gasteiger partial charge >= 0.3 is 0 Å². The smallest absolute Gasteiger partial charge is 0.251 e. The van der Waals surface area contributed by atoms with Crippen LogP contribution >= 0.6 is 11.8 Å². The molecule has 3 aromatic heterocycles. The maximum Gasteiger partial charge on any atom is 0.251 e. The van der Waals surface area contributed by atoms with E-state index in [0.717, 1.165) is 45.4 Å². The fourth-order valence-corrected chi connectivity index (χ4v) is 4.83. The zero-order valence-electron chi connectivity index (χ0n) is 20.2. The lowest BCUT2D eigenvalue weighted by Gasteiger charge is -2.21. The summed E-state index contributed by atoms with van der Waals surface area (Å²) in [6.07, 6.45) is 10.6. The second-order valence-electron chi connectivity index (χ2n) is 9.81. The Morgan fingerprint density at radius 3 is 2.77 bits per heavy atom. The number of imidazole rings is 1. The van der Waals surface area contributed by atoms with E-state index in [1.54, 1.807) is 20.0 Å². The molecule has 3 heterocycles. The molecule has 1 amide bonds. The highest BCUT2D eigenvalue weighted by molar-refractivity contribution is 7.99. The van der Waals surface area contributed by atoms with Crippen molar-refractivity contribution in [3.63, 3.8) is 0 Å². The first-order chi connectivity index (χ1) is 16.8. The van der Waals surface area contributed by atoms with Crippen molar-refractivity contribution in [3.05, 3.63) is 65.7 Å². The van der Waals surface area contributed by atoms with Gasteiger partial charge in [-0.25, -0.2) is 14.5 Å². The largest absolute Gasteiger partial charge is 0.389 e. The number of fused-ring (bicyclic) bond motifs is 1. The van der Waals surface area contributed by atoms with Crippen LogP contribution in [0.4, 0.5) is 5.69 Å². The van der Waals surface area contributed by atoms with Gasteiger partial charge in [0.25, 0.3) is 5.91 Å². The van der Waals surface area contributed by atoms with Crippen molar-refractivity contribution in [3.8, 4) is 0 Å². The van der Waals surface area contributed by atoms with Gasteiger partial charge in [-0.3, -0.25) is 4.79 Å². The van der Waals surface area contributed by atoms with E-state index in [1.165, 1.54) is 11.8 Å². The van der Waals surface area contributed by atoms with Crippen molar-refractivity contribution >= 4 is 29.0 Å². The molecule has 0 aliphatic heterocycles. The van der Waals surface area contributed by atoms with Crippen LogP contribution in [0.25, 0.3) is 5.65 Å². The quantitative estimate of drug-likeness (QED) is 0.437. The van der Waals surface area contributed by atoms with Gasteiger partial charge in [0.2, 0.25) is 0 Å². The highest BCUT2D eigenvalue weighted by atomic mass is 32.2. The van der Waals surface area contributed by atoms with Crippen molar-refractivity contribution in [2.24, 2.45) is 0 Å². The molecule has 2 aliphatic carbocycles. The van der Waals surface area contributed by atoms with Crippen LogP contribution in [0.2, 0.25) is 0 Å². The van der Waals surface area contributed by atoms with Crippen molar-refractivity contribution in [2.75, 3.05) is 11.9 Å². The molecule has 35 heavy (non-hydrogen) atoms. The first-order valence-corrected chi connectivity index (χ1v) is 12.7. The number of aromatic nitrogens is 4. The first-order valence-electron chi connectivity index (χ1n) is 11.9. The number of amides is 1. The van der Waals surface area contributed by atoms with Gasteiger partial charge in [-0.05, 0) is 75.6 Å². The van der Waals surface area contributed by atoms with Gasteiger partial charge in [0.05, 0.1) is 23.2 Å². The summed E-state index contributed by atoms with van der Waals surface area (Å²) < 4.78 is 1.87. The normalized spacial score (nSPS) is 18.2. The molecule has 0 saturated heterocycles. The second-order valence-corrected chi connectivity index (χ2v) is 10.8. The summed E-state index contributed by atoms with van der Waals surface area (Å²) in [6.45, 7) is 5.88. The van der Waals surface area contributed by atoms with Gasteiger partial charge in [-0.15, -0.1) is 0 Å². The molecule has 0 aromatic carbocycles. The molecule has 2 aliphatic rings. The molecule has 1 unspecified atom stereocenters. The SMILES string of the molecule is CC1=CC(c2cnc3c(NCC(C)(C)O)cc(Sc4ccccn4)nn23)CC=C1C(=O)NC1CC1. The third kappa shape index (κ3) is 5.57. The molecule has 1 saturated carbocycles. The van der Waals surface area contributed by atoms with Crippen LogP contribution < -0.4 is 10.6 Å². The standard InChI is InChI=1S/C26H30N6O2S/c1-16-12-17(7-10-19(16)25(33)30-18-8-9-18)21-14-28-24-20(29-15-26(2,3)34)13-23(31-32(21)24)35-22-6-4-5-11-27-22/h4-6,10-14,17-18,29,34H,7-9,15H2,1-3H3,(H,30,33). The Kier molecular flexibility index (Phi) is 6.37. The highest BCUT2D eigenvalue weighted by Crippen LogP contribution is 2.34. The number of nitrogens with one attached hydrogen (secondary N) is 2. The van der Waals surface area contributed by atoms with E-state index >= 15 is 0 Å². The average molecular weight is 491 g/mol. The van der Waals surface area contributed by atoms with E-state index < -0.39 is 5.60 Å². The van der Waals surface area contributed by atoms with Crippen LogP contribution in [0, 0.1) is 0 Å². The summed E-state index contributed by atoms with van der Waals surface area (Å²) in [7, 11) is 0. The number of carbonyl (C=O) groups excluding carboxylic acids is 1. The number of allylic oxidation sites excluding steroid dienone is 2. The van der Waals surface area contributed by atoms with Gasteiger partial charge in [-0.1, -0.05) is 18.2 Å². The van der Waals surface area contributed by atoms with Crippen LogP contribution in [0.5, 0.6) is 0 Å². The molecule has 3 N–H and O–H groups in total. The minimum atomic E-state index is -0.880. The van der Waals surface area contributed by atoms with Gasteiger partial charge in [0, 0.05) is 30.3 Å². The van der Waals surface area contributed by atoms with Crippen LogP contribution in [-0.4, -0.2) is 48.8 Å². The topological polar surface area (TPSA) is 104 Å². The maximum atomic E-state index is 12.6. The van der Waals surface area contributed by atoms with Crippen molar-refractivity contribution < 1.29 is 9.90 Å². The number of hydrogen-bond acceptors (Lipinski definition) is 7. The van der Waals surface area contributed by atoms with Crippen molar-refractivity contribution in [1.29, 1.82) is 0 Å². The van der Waals surface area contributed by atoms with Gasteiger partial charge in [-0.2, -0.15) is 5.10 Å². The molecular formula is C26H30N6O2S. The Morgan fingerprint density at radius 2 is 2.09 bits per heavy atom. The van der Waals surface area contributed by atoms with E-state index in [4.69, 9.17) is 5.10 Å². The number of carbonyl (C=O) groups is 1. The van der Waals surface area contributed by atoms with E-state index in [9.17, 15) is 9.90 Å². The minimum Gasteiger partial charge on any atom is -0.389 e. The van der Waals surface area contributed by atoms with Gasteiger partial charge in [0.15, 0.2) is 5.65 Å². The number of hydrogen-bond donors (Lipinski definition) is 3.